The zero-order chi connectivity index (χ0) is 20.9. The Morgan fingerprint density at radius 3 is 2.63 bits per heavy atom. The van der Waals surface area contributed by atoms with Gasteiger partial charge in [0.25, 0.3) is 0 Å². The second-order valence-electron chi connectivity index (χ2n) is 8.02. The molecule has 1 aliphatic rings. The maximum Gasteiger partial charge on any atom is 0.230 e. The Kier molecular flexibility index (Phi) is 8.69. The molecule has 1 unspecified atom stereocenters. The first-order chi connectivity index (χ1) is 13.9. The maximum absolute atomic E-state index is 12.8. The third-order valence-electron chi connectivity index (χ3n) is 5.73. The second kappa shape index (κ2) is 10.8. The van der Waals surface area contributed by atoms with Gasteiger partial charge in [0.05, 0.1) is 17.1 Å². The molecule has 0 saturated heterocycles. The van der Waals surface area contributed by atoms with Crippen LogP contribution in [0.4, 0.5) is 0 Å². The largest absolute Gasteiger partial charge is 0.355 e. The number of hydrogen-bond acceptors (Lipinski definition) is 3. The second-order valence-corrected chi connectivity index (χ2v) is 8.02. The van der Waals surface area contributed by atoms with Crippen LogP contribution in [0.15, 0.2) is 47.7 Å². The molecular formula is C22H33IN6O. The lowest BCUT2D eigenvalue weighted by Crippen LogP contribution is -2.49. The normalized spacial score (nSPS) is 16.5. The molecule has 1 aromatic heterocycles. The van der Waals surface area contributed by atoms with Gasteiger partial charge in [-0.15, -0.1) is 24.0 Å². The van der Waals surface area contributed by atoms with Crippen LogP contribution in [0.25, 0.3) is 5.69 Å². The third kappa shape index (κ3) is 5.53. The standard InChI is InChI=1S/C22H32N6O.HI/c1-17(18-9-7-10-19(15-18)28-14-8-13-25-28)26-21(23-2)24-16-22(11-5-6-12-22)20(29)27(3)4;/h7-10,13-15,17H,5-6,11-12,16H2,1-4H3,(H2,23,24,26);1H. The van der Waals surface area contributed by atoms with Crippen molar-refractivity contribution >= 4 is 35.8 Å². The number of nitrogens with zero attached hydrogens (tertiary/aromatic N) is 4. The monoisotopic (exact) mass is 524 g/mol. The number of benzene rings is 1. The van der Waals surface area contributed by atoms with Crippen LogP contribution in [0.2, 0.25) is 0 Å². The minimum absolute atomic E-state index is 0. The first kappa shape index (κ1) is 24.2. The Labute approximate surface area is 196 Å². The minimum Gasteiger partial charge on any atom is -0.355 e. The van der Waals surface area contributed by atoms with Gasteiger partial charge in [0.15, 0.2) is 5.96 Å². The Morgan fingerprint density at radius 2 is 2.03 bits per heavy atom. The summed E-state index contributed by atoms with van der Waals surface area (Å²) in [6, 6.07) is 10.2. The summed E-state index contributed by atoms with van der Waals surface area (Å²) in [7, 11) is 5.44. The van der Waals surface area contributed by atoms with Crippen molar-refractivity contribution < 1.29 is 4.79 Å². The van der Waals surface area contributed by atoms with Crippen LogP contribution in [0, 0.1) is 5.41 Å². The lowest BCUT2D eigenvalue weighted by atomic mass is 9.84. The predicted molar refractivity (Wildman–Crippen MR) is 131 cm³/mol. The molecule has 1 aromatic carbocycles. The molecule has 1 amide bonds. The zero-order valence-electron chi connectivity index (χ0n) is 18.3. The number of amides is 1. The summed E-state index contributed by atoms with van der Waals surface area (Å²) in [6.45, 7) is 2.70. The highest BCUT2D eigenvalue weighted by Crippen LogP contribution is 2.38. The van der Waals surface area contributed by atoms with Crippen LogP contribution < -0.4 is 10.6 Å². The van der Waals surface area contributed by atoms with Crippen molar-refractivity contribution in [1.82, 2.24) is 25.3 Å². The highest BCUT2D eigenvalue weighted by Gasteiger charge is 2.42. The fourth-order valence-electron chi connectivity index (χ4n) is 4.09. The van der Waals surface area contributed by atoms with E-state index in [2.05, 4.69) is 39.8 Å². The lowest BCUT2D eigenvalue weighted by Gasteiger charge is -2.31. The maximum atomic E-state index is 12.8. The molecule has 3 rings (SSSR count). The zero-order valence-corrected chi connectivity index (χ0v) is 20.6. The van der Waals surface area contributed by atoms with Crippen molar-refractivity contribution in [2.75, 3.05) is 27.7 Å². The highest BCUT2D eigenvalue weighted by atomic mass is 127. The van der Waals surface area contributed by atoms with E-state index in [0.29, 0.717) is 12.5 Å². The van der Waals surface area contributed by atoms with E-state index in [9.17, 15) is 4.79 Å². The Balaban J connectivity index is 0.00000320. The smallest absolute Gasteiger partial charge is 0.230 e. The van der Waals surface area contributed by atoms with Gasteiger partial charge in [-0.2, -0.15) is 5.10 Å². The minimum atomic E-state index is -0.329. The molecule has 30 heavy (non-hydrogen) atoms. The molecule has 0 radical (unpaired) electrons. The van der Waals surface area contributed by atoms with Gasteiger partial charge in [-0.05, 0) is 43.5 Å². The van der Waals surface area contributed by atoms with E-state index in [0.717, 1.165) is 36.9 Å². The molecule has 2 N–H and O–H groups in total. The van der Waals surface area contributed by atoms with E-state index in [1.807, 2.05) is 43.2 Å². The average molecular weight is 524 g/mol. The molecule has 1 heterocycles. The van der Waals surface area contributed by atoms with Gasteiger partial charge in [-0.25, -0.2) is 4.68 Å². The predicted octanol–water partition coefficient (Wildman–Crippen LogP) is 3.36. The van der Waals surface area contributed by atoms with Crippen LogP contribution in [0.1, 0.15) is 44.2 Å². The molecular weight excluding hydrogens is 491 g/mol. The number of hydrogen-bond donors (Lipinski definition) is 2. The van der Waals surface area contributed by atoms with Gasteiger partial charge >= 0.3 is 0 Å². The quantitative estimate of drug-likeness (QED) is 0.346. The first-order valence-corrected chi connectivity index (χ1v) is 10.2. The number of carbonyl (C=O) groups excluding carboxylic acids is 1. The van der Waals surface area contributed by atoms with Gasteiger partial charge in [0.2, 0.25) is 5.91 Å². The highest BCUT2D eigenvalue weighted by molar-refractivity contribution is 14.0. The molecule has 164 valence electrons. The summed E-state index contributed by atoms with van der Waals surface area (Å²) in [5.74, 6) is 0.915. The summed E-state index contributed by atoms with van der Waals surface area (Å²) >= 11 is 0. The van der Waals surface area contributed by atoms with Crippen LogP contribution in [-0.4, -0.2) is 54.2 Å². The topological polar surface area (TPSA) is 74.6 Å². The Morgan fingerprint density at radius 1 is 1.30 bits per heavy atom. The molecule has 1 saturated carbocycles. The molecule has 0 bridgehead atoms. The van der Waals surface area contributed by atoms with Crippen molar-refractivity contribution in [2.24, 2.45) is 10.4 Å². The summed E-state index contributed by atoms with van der Waals surface area (Å²) in [5, 5.41) is 11.2. The number of rotatable bonds is 6. The number of guanidine groups is 1. The molecule has 2 aromatic rings. The summed E-state index contributed by atoms with van der Waals surface area (Å²) in [4.78, 5) is 18.9. The molecule has 1 fully saturated rings. The van der Waals surface area contributed by atoms with Crippen molar-refractivity contribution in [3.05, 3.63) is 48.3 Å². The average Bonchev–Trinajstić information content (AvgIpc) is 3.43. The molecule has 1 aliphatic carbocycles. The van der Waals surface area contributed by atoms with Crippen molar-refractivity contribution in [2.45, 2.75) is 38.6 Å². The molecule has 0 aliphatic heterocycles. The number of halogens is 1. The van der Waals surface area contributed by atoms with Crippen LogP contribution in [0.5, 0.6) is 0 Å². The molecule has 1 atom stereocenters. The van der Waals surface area contributed by atoms with Gasteiger partial charge in [0, 0.05) is 40.1 Å². The van der Waals surface area contributed by atoms with Crippen LogP contribution >= 0.6 is 24.0 Å². The van der Waals surface area contributed by atoms with E-state index < -0.39 is 0 Å². The molecule has 8 heteroatoms. The summed E-state index contributed by atoms with van der Waals surface area (Å²) in [6.07, 6.45) is 7.76. The fourth-order valence-corrected chi connectivity index (χ4v) is 4.09. The Hall–Kier alpha value is -2.10. The molecule has 0 spiro atoms. The molecule has 7 nitrogen and oxygen atoms in total. The van der Waals surface area contributed by atoms with Gasteiger partial charge in [0.1, 0.15) is 0 Å². The number of aromatic nitrogens is 2. The van der Waals surface area contributed by atoms with Crippen LogP contribution in [-0.2, 0) is 4.79 Å². The van der Waals surface area contributed by atoms with Gasteiger partial charge < -0.3 is 15.5 Å². The van der Waals surface area contributed by atoms with Crippen molar-refractivity contribution in [3.63, 3.8) is 0 Å². The van der Waals surface area contributed by atoms with Gasteiger partial charge in [-0.3, -0.25) is 9.79 Å². The summed E-state index contributed by atoms with van der Waals surface area (Å²) < 4.78 is 1.85. The third-order valence-corrected chi connectivity index (χ3v) is 5.73. The van der Waals surface area contributed by atoms with E-state index >= 15 is 0 Å². The SMILES string of the molecule is CN=C(NCC1(C(=O)N(C)C)CCCC1)NC(C)c1cccc(-n2cccn2)c1.I. The summed E-state index contributed by atoms with van der Waals surface area (Å²) in [5.41, 5.74) is 1.83. The van der Waals surface area contributed by atoms with Crippen molar-refractivity contribution in [3.8, 4) is 5.69 Å². The number of nitrogens with one attached hydrogen (secondary N) is 2. The van der Waals surface area contributed by atoms with Crippen molar-refractivity contribution in [1.29, 1.82) is 0 Å². The number of aliphatic imine (C=N–C) groups is 1. The Bertz CT molecular complexity index is 843. The lowest BCUT2D eigenvalue weighted by molar-refractivity contribution is -0.138. The van der Waals surface area contributed by atoms with Gasteiger partial charge in [-0.1, -0.05) is 25.0 Å². The fraction of sp³-hybridized carbons (Fsp3) is 0.500. The first-order valence-electron chi connectivity index (χ1n) is 10.2. The number of carbonyl (C=O) groups is 1. The van der Waals surface area contributed by atoms with E-state index in [1.165, 1.54) is 0 Å². The van der Waals surface area contributed by atoms with Crippen LogP contribution in [0.3, 0.4) is 0 Å². The van der Waals surface area contributed by atoms with E-state index in [4.69, 9.17) is 0 Å². The van der Waals surface area contributed by atoms with E-state index in [-0.39, 0.29) is 41.3 Å². The van der Waals surface area contributed by atoms with E-state index in [1.54, 1.807) is 18.1 Å².